The molecule has 14 heavy (non-hydrogen) atoms. The number of nitrogens with zero attached hydrogens (tertiary/aromatic N) is 1. The van der Waals surface area contributed by atoms with Crippen molar-refractivity contribution in [3.8, 4) is 0 Å². The summed E-state index contributed by atoms with van der Waals surface area (Å²) in [6.45, 7) is 7.51. The highest BCUT2D eigenvalue weighted by atomic mass is 79.9. The Balaban J connectivity index is 2.47. The molecule has 0 aliphatic rings. The highest BCUT2D eigenvalue weighted by Gasteiger charge is 1.98. The maximum absolute atomic E-state index is 4.28. The number of hydrogen-bond acceptors (Lipinski definition) is 2. The van der Waals surface area contributed by atoms with Gasteiger partial charge in [0, 0.05) is 17.2 Å². The second-order valence-electron chi connectivity index (χ2n) is 3.93. The van der Waals surface area contributed by atoms with Crippen molar-refractivity contribution >= 4 is 21.7 Å². The maximum Gasteiger partial charge on any atom is 0.126 e. The third-order valence-electron chi connectivity index (χ3n) is 2.07. The van der Waals surface area contributed by atoms with Crippen molar-refractivity contribution < 1.29 is 0 Å². The zero-order valence-electron chi connectivity index (χ0n) is 8.97. The van der Waals surface area contributed by atoms with Gasteiger partial charge in [-0.2, -0.15) is 0 Å². The molecule has 0 amide bonds. The average molecular weight is 257 g/mol. The lowest BCUT2D eigenvalue weighted by Crippen LogP contribution is -2.06. The monoisotopic (exact) mass is 256 g/mol. The Morgan fingerprint density at radius 2 is 2.21 bits per heavy atom. The van der Waals surface area contributed by atoms with Crippen molar-refractivity contribution in [1.29, 1.82) is 0 Å². The number of halogens is 1. The predicted octanol–water partition coefficient (Wildman–Crippen LogP) is 3.61. The second-order valence-corrected chi connectivity index (χ2v) is 4.78. The summed E-state index contributed by atoms with van der Waals surface area (Å²) in [4.78, 5) is 4.28. The van der Waals surface area contributed by atoms with Crippen LogP contribution in [-0.4, -0.2) is 11.5 Å². The van der Waals surface area contributed by atoms with Gasteiger partial charge in [0.15, 0.2) is 0 Å². The van der Waals surface area contributed by atoms with Crippen molar-refractivity contribution in [1.82, 2.24) is 4.98 Å². The molecule has 0 saturated carbocycles. The minimum atomic E-state index is 0.735. The van der Waals surface area contributed by atoms with Crippen LogP contribution in [-0.2, 0) is 0 Å². The minimum absolute atomic E-state index is 0.735. The van der Waals surface area contributed by atoms with Gasteiger partial charge in [-0.15, -0.1) is 0 Å². The van der Waals surface area contributed by atoms with E-state index in [4.69, 9.17) is 0 Å². The van der Waals surface area contributed by atoms with Gasteiger partial charge in [0.25, 0.3) is 0 Å². The summed E-state index contributed by atoms with van der Waals surface area (Å²) in [6.07, 6.45) is 3.02. The molecular weight excluding hydrogens is 240 g/mol. The summed E-state index contributed by atoms with van der Waals surface area (Å²) in [5, 5.41) is 3.31. The first-order chi connectivity index (χ1) is 6.59. The first kappa shape index (κ1) is 11.5. The van der Waals surface area contributed by atoms with Crippen LogP contribution in [0.25, 0.3) is 0 Å². The first-order valence-electron chi connectivity index (χ1n) is 4.95. The van der Waals surface area contributed by atoms with E-state index >= 15 is 0 Å². The van der Waals surface area contributed by atoms with Gasteiger partial charge in [0.05, 0.1) is 0 Å². The quantitative estimate of drug-likeness (QED) is 0.891. The summed E-state index contributed by atoms with van der Waals surface area (Å²) in [6, 6.07) is 2.06. The Hall–Kier alpha value is -0.570. The molecule has 1 rings (SSSR count). The van der Waals surface area contributed by atoms with E-state index < -0.39 is 0 Å². The molecule has 0 unspecified atom stereocenters. The summed E-state index contributed by atoms with van der Waals surface area (Å²) < 4.78 is 1.06. The molecule has 1 heterocycles. The lowest BCUT2D eigenvalue weighted by molar-refractivity contribution is 0.606. The Kier molecular flexibility index (Phi) is 4.39. The predicted molar refractivity (Wildman–Crippen MR) is 64.6 cm³/mol. The van der Waals surface area contributed by atoms with Crippen LogP contribution in [0.3, 0.4) is 0 Å². The van der Waals surface area contributed by atoms with E-state index in [0.29, 0.717) is 0 Å². The number of hydrogen-bond donors (Lipinski definition) is 1. The van der Waals surface area contributed by atoms with Gasteiger partial charge >= 0.3 is 0 Å². The molecule has 78 valence electrons. The van der Waals surface area contributed by atoms with Crippen LogP contribution < -0.4 is 5.32 Å². The lowest BCUT2D eigenvalue weighted by Gasteiger charge is -2.08. The van der Waals surface area contributed by atoms with Crippen LogP contribution in [0, 0.1) is 12.8 Å². The molecule has 0 bridgehead atoms. The van der Waals surface area contributed by atoms with Crippen molar-refractivity contribution in [2.75, 3.05) is 11.9 Å². The SMILES string of the molecule is Cc1cc(NCCC(C)C)ncc1Br. The summed E-state index contributed by atoms with van der Waals surface area (Å²) in [5.41, 5.74) is 1.21. The molecule has 0 radical (unpaired) electrons. The van der Waals surface area contributed by atoms with Crippen LogP contribution in [0.1, 0.15) is 25.8 Å². The average Bonchev–Trinajstić information content (AvgIpc) is 2.10. The number of nitrogens with one attached hydrogen (secondary N) is 1. The number of anilines is 1. The fourth-order valence-corrected chi connectivity index (χ4v) is 1.34. The maximum atomic E-state index is 4.28. The number of rotatable bonds is 4. The van der Waals surface area contributed by atoms with Crippen molar-refractivity contribution in [3.63, 3.8) is 0 Å². The summed E-state index contributed by atoms with van der Waals surface area (Å²) in [5.74, 6) is 1.70. The zero-order valence-corrected chi connectivity index (χ0v) is 10.6. The van der Waals surface area contributed by atoms with Crippen LogP contribution in [0.2, 0.25) is 0 Å². The molecule has 0 saturated heterocycles. The zero-order chi connectivity index (χ0) is 10.6. The van der Waals surface area contributed by atoms with Gasteiger partial charge in [-0.25, -0.2) is 4.98 Å². The first-order valence-corrected chi connectivity index (χ1v) is 5.75. The fourth-order valence-electron chi connectivity index (χ4n) is 1.12. The van der Waals surface area contributed by atoms with Crippen molar-refractivity contribution in [2.24, 2.45) is 5.92 Å². The Labute approximate surface area is 94.3 Å². The standard InChI is InChI=1S/C11H17BrN2/c1-8(2)4-5-13-11-6-9(3)10(12)7-14-11/h6-8H,4-5H2,1-3H3,(H,13,14). The second kappa shape index (κ2) is 5.35. The number of aryl methyl sites for hydroxylation is 1. The highest BCUT2D eigenvalue weighted by Crippen LogP contribution is 2.17. The van der Waals surface area contributed by atoms with Gasteiger partial charge in [0.2, 0.25) is 0 Å². The summed E-state index contributed by atoms with van der Waals surface area (Å²) >= 11 is 3.43. The van der Waals surface area contributed by atoms with Crippen LogP contribution in [0.15, 0.2) is 16.7 Å². The molecule has 0 aliphatic heterocycles. The molecule has 2 nitrogen and oxygen atoms in total. The van der Waals surface area contributed by atoms with E-state index in [1.807, 2.05) is 6.20 Å². The van der Waals surface area contributed by atoms with Crippen molar-refractivity contribution in [3.05, 3.63) is 22.3 Å². The fraction of sp³-hybridized carbons (Fsp3) is 0.545. The molecule has 1 N–H and O–H groups in total. The van der Waals surface area contributed by atoms with Crippen LogP contribution in [0.5, 0.6) is 0 Å². The van der Waals surface area contributed by atoms with Crippen LogP contribution in [0.4, 0.5) is 5.82 Å². The van der Waals surface area contributed by atoms with Gasteiger partial charge < -0.3 is 5.32 Å². The minimum Gasteiger partial charge on any atom is -0.370 e. The Bertz CT molecular complexity index is 297. The molecule has 3 heteroatoms. The number of aromatic nitrogens is 1. The van der Waals surface area contributed by atoms with Gasteiger partial charge in [-0.1, -0.05) is 13.8 Å². The van der Waals surface area contributed by atoms with E-state index in [-0.39, 0.29) is 0 Å². The van der Waals surface area contributed by atoms with Crippen molar-refractivity contribution in [2.45, 2.75) is 27.2 Å². The summed E-state index contributed by atoms with van der Waals surface area (Å²) in [7, 11) is 0. The highest BCUT2D eigenvalue weighted by molar-refractivity contribution is 9.10. The van der Waals surface area contributed by atoms with E-state index in [9.17, 15) is 0 Å². The topological polar surface area (TPSA) is 24.9 Å². The lowest BCUT2D eigenvalue weighted by atomic mass is 10.1. The Morgan fingerprint density at radius 1 is 1.50 bits per heavy atom. The molecule has 0 atom stereocenters. The molecule has 0 fully saturated rings. The van der Waals surface area contributed by atoms with E-state index in [2.05, 4.69) is 53.1 Å². The molecule has 0 aliphatic carbocycles. The van der Waals surface area contributed by atoms with Gasteiger partial charge in [-0.05, 0) is 46.8 Å². The Morgan fingerprint density at radius 3 is 2.79 bits per heavy atom. The molecule has 1 aromatic heterocycles. The largest absolute Gasteiger partial charge is 0.370 e. The van der Waals surface area contributed by atoms with E-state index in [1.54, 1.807) is 0 Å². The normalized spacial score (nSPS) is 10.6. The number of pyridine rings is 1. The van der Waals surface area contributed by atoms with Gasteiger partial charge in [-0.3, -0.25) is 0 Å². The molecule has 0 spiro atoms. The molecule has 0 aromatic carbocycles. The van der Waals surface area contributed by atoms with Crippen LogP contribution >= 0.6 is 15.9 Å². The van der Waals surface area contributed by atoms with Gasteiger partial charge in [0.1, 0.15) is 5.82 Å². The molecule has 1 aromatic rings. The molecular formula is C11H17BrN2. The third kappa shape index (κ3) is 3.66. The smallest absolute Gasteiger partial charge is 0.126 e. The van der Waals surface area contributed by atoms with E-state index in [0.717, 1.165) is 22.8 Å². The van der Waals surface area contributed by atoms with E-state index in [1.165, 1.54) is 12.0 Å². The third-order valence-corrected chi connectivity index (χ3v) is 2.90.